The predicted molar refractivity (Wildman–Crippen MR) is 167 cm³/mol. The molecular formula is C33H32FN7O3. The van der Waals surface area contributed by atoms with Crippen LogP contribution in [0.1, 0.15) is 36.6 Å². The molecule has 0 aliphatic carbocycles. The van der Waals surface area contributed by atoms with Gasteiger partial charge in [0.25, 0.3) is 0 Å². The second-order valence-corrected chi connectivity index (χ2v) is 11.8. The number of aromatic nitrogens is 5. The largest absolute Gasteiger partial charge is 0.484 e. The van der Waals surface area contributed by atoms with Gasteiger partial charge in [0.2, 0.25) is 11.7 Å². The first-order valence-corrected chi connectivity index (χ1v) is 14.7. The molecule has 2 aliphatic heterocycles. The Morgan fingerprint density at radius 1 is 1.16 bits per heavy atom. The van der Waals surface area contributed by atoms with Crippen molar-refractivity contribution in [2.75, 3.05) is 31.1 Å². The lowest BCUT2D eigenvalue weighted by molar-refractivity contribution is -0.127. The summed E-state index contributed by atoms with van der Waals surface area (Å²) in [7, 11) is 0. The zero-order chi connectivity index (χ0) is 30.9. The number of halogens is 1. The van der Waals surface area contributed by atoms with Gasteiger partial charge < -0.3 is 14.5 Å². The molecule has 10 nitrogen and oxygen atoms in total. The van der Waals surface area contributed by atoms with Crippen LogP contribution < -0.4 is 15.2 Å². The number of fused-ring (bicyclic) bond motifs is 6. The summed E-state index contributed by atoms with van der Waals surface area (Å²) in [6, 6.07) is 6.88. The molecule has 0 spiro atoms. The summed E-state index contributed by atoms with van der Waals surface area (Å²) in [5.41, 5.74) is 4.86. The van der Waals surface area contributed by atoms with Crippen LogP contribution in [0.3, 0.4) is 0 Å². The summed E-state index contributed by atoms with van der Waals surface area (Å²) < 4.78 is 24.2. The molecule has 1 saturated heterocycles. The van der Waals surface area contributed by atoms with Gasteiger partial charge in [0, 0.05) is 42.2 Å². The quantitative estimate of drug-likeness (QED) is 0.298. The van der Waals surface area contributed by atoms with Crippen molar-refractivity contribution in [3.05, 3.63) is 82.3 Å². The second-order valence-electron chi connectivity index (χ2n) is 11.8. The van der Waals surface area contributed by atoms with Crippen LogP contribution in [0.25, 0.3) is 38.9 Å². The van der Waals surface area contributed by atoms with Gasteiger partial charge in [-0.25, -0.2) is 9.37 Å². The molecule has 0 saturated carbocycles. The first kappa shape index (κ1) is 27.8. The van der Waals surface area contributed by atoms with E-state index in [0.717, 1.165) is 27.7 Å². The van der Waals surface area contributed by atoms with Crippen molar-refractivity contribution in [3.63, 3.8) is 0 Å². The number of hydrogen-bond donors (Lipinski definition) is 1. The van der Waals surface area contributed by atoms with E-state index in [2.05, 4.69) is 26.7 Å². The third kappa shape index (κ3) is 4.10. The number of anilines is 1. The highest BCUT2D eigenvalue weighted by molar-refractivity contribution is 6.00. The van der Waals surface area contributed by atoms with Gasteiger partial charge in [-0.15, -0.1) is 0 Å². The first-order valence-electron chi connectivity index (χ1n) is 14.7. The lowest BCUT2D eigenvalue weighted by atomic mass is 9.99. The zero-order valence-corrected chi connectivity index (χ0v) is 25.0. The predicted octanol–water partition coefficient (Wildman–Crippen LogP) is 4.80. The number of carbonyl (C=O) groups excluding carboxylic acids is 1. The Balaban J connectivity index is 1.56. The molecule has 2 aliphatic rings. The Morgan fingerprint density at radius 2 is 1.98 bits per heavy atom. The third-order valence-corrected chi connectivity index (χ3v) is 8.71. The molecule has 1 amide bonds. The molecule has 1 atom stereocenters. The molecule has 11 heteroatoms. The highest BCUT2D eigenvalue weighted by Gasteiger charge is 2.38. The number of pyridine rings is 3. The van der Waals surface area contributed by atoms with Crippen molar-refractivity contribution in [1.29, 1.82) is 0 Å². The van der Waals surface area contributed by atoms with Crippen LogP contribution in [0.15, 0.2) is 54.1 Å². The number of nitrogens with one attached hydrogen (secondary N) is 1. The van der Waals surface area contributed by atoms with Crippen LogP contribution in [0, 0.1) is 19.7 Å². The van der Waals surface area contributed by atoms with Gasteiger partial charge in [0.15, 0.2) is 5.65 Å². The highest BCUT2D eigenvalue weighted by atomic mass is 19.1. The summed E-state index contributed by atoms with van der Waals surface area (Å²) in [6.07, 6.45) is 4.69. The fourth-order valence-corrected chi connectivity index (χ4v) is 6.57. The van der Waals surface area contributed by atoms with Crippen LogP contribution in [-0.4, -0.2) is 67.8 Å². The van der Waals surface area contributed by atoms with E-state index in [0.29, 0.717) is 47.6 Å². The van der Waals surface area contributed by atoms with Crippen LogP contribution in [0.5, 0.6) is 5.75 Å². The Morgan fingerprint density at radius 3 is 2.75 bits per heavy atom. The van der Waals surface area contributed by atoms with E-state index in [1.807, 2.05) is 45.9 Å². The minimum Gasteiger partial charge on any atom is -0.484 e. The van der Waals surface area contributed by atoms with Gasteiger partial charge in [0.05, 0.1) is 34.8 Å². The SMILES string of the molecule is C=CC(=O)N1CCN2c3c(c(=O)n(-c4c(C)ccnc4C(C)C)c4nc(-c5c(C)ccc6[nH]ncc56)c(F)cc34)OC[C@H]2C1. The Kier molecular flexibility index (Phi) is 6.49. The topological polar surface area (TPSA) is 109 Å². The van der Waals surface area contributed by atoms with Crippen molar-refractivity contribution in [2.45, 2.75) is 39.7 Å². The average Bonchev–Trinajstić information content (AvgIpc) is 3.49. The van der Waals surface area contributed by atoms with Crippen LogP contribution >= 0.6 is 0 Å². The Bertz CT molecular complexity index is 2060. The van der Waals surface area contributed by atoms with Crippen molar-refractivity contribution in [2.24, 2.45) is 0 Å². The molecule has 1 aromatic carbocycles. The molecule has 0 unspecified atom stereocenters. The van der Waals surface area contributed by atoms with E-state index in [-0.39, 0.29) is 35.9 Å². The number of carbonyl (C=O) groups is 1. The van der Waals surface area contributed by atoms with E-state index in [1.54, 1.807) is 17.3 Å². The number of amides is 1. The number of nitrogens with zero attached hydrogens (tertiary/aromatic N) is 6. The number of piperazine rings is 1. The molecule has 6 heterocycles. The maximum absolute atomic E-state index is 16.4. The van der Waals surface area contributed by atoms with Crippen LogP contribution in [-0.2, 0) is 4.79 Å². The number of benzene rings is 1. The number of hydrogen-bond acceptors (Lipinski definition) is 7. The van der Waals surface area contributed by atoms with E-state index >= 15 is 4.39 Å². The number of aryl methyl sites for hydroxylation is 2. The molecule has 0 radical (unpaired) electrons. The molecule has 44 heavy (non-hydrogen) atoms. The number of rotatable bonds is 4. The van der Waals surface area contributed by atoms with Crippen LogP contribution in [0.4, 0.5) is 10.1 Å². The van der Waals surface area contributed by atoms with E-state index < -0.39 is 11.4 Å². The molecular weight excluding hydrogens is 561 g/mol. The van der Waals surface area contributed by atoms with Gasteiger partial charge in [-0.2, -0.15) is 5.10 Å². The van der Waals surface area contributed by atoms with E-state index in [4.69, 9.17) is 9.72 Å². The monoisotopic (exact) mass is 593 g/mol. The second kappa shape index (κ2) is 10.3. The van der Waals surface area contributed by atoms with Gasteiger partial charge in [0.1, 0.15) is 18.1 Å². The smallest absolute Gasteiger partial charge is 0.301 e. The number of ether oxygens (including phenoxy) is 1. The summed E-state index contributed by atoms with van der Waals surface area (Å²) in [5.74, 6) is -0.566. The maximum atomic E-state index is 16.4. The summed E-state index contributed by atoms with van der Waals surface area (Å²) in [4.78, 5) is 40.4. The molecule has 224 valence electrons. The molecule has 0 bridgehead atoms. The van der Waals surface area contributed by atoms with E-state index in [1.165, 1.54) is 16.7 Å². The van der Waals surface area contributed by atoms with Crippen molar-refractivity contribution in [1.82, 2.24) is 29.6 Å². The maximum Gasteiger partial charge on any atom is 0.301 e. The van der Waals surface area contributed by atoms with Crippen molar-refractivity contribution < 1.29 is 13.9 Å². The van der Waals surface area contributed by atoms with Crippen LogP contribution in [0.2, 0.25) is 0 Å². The summed E-state index contributed by atoms with van der Waals surface area (Å²) in [6.45, 7) is 12.9. The average molecular weight is 594 g/mol. The number of H-pyrrole nitrogens is 1. The standard InChI is InChI=1S/C33H32FN7O3/c1-6-25(42)39-11-12-40-20(15-39)16-44-31-30(40)21-13-23(34)28(26-18(4)7-8-24-22(26)14-36-38-24)37-32(21)41(33(31)43)29-19(5)9-10-35-27(29)17(2)3/h6-10,13-14,17,20H,1,11-12,15-16H2,2-5H3,(H,36,38)/t20-/m1/s1. The molecule has 4 aromatic heterocycles. The minimum atomic E-state index is -0.531. The zero-order valence-electron chi connectivity index (χ0n) is 25.0. The third-order valence-electron chi connectivity index (χ3n) is 8.71. The van der Waals surface area contributed by atoms with Gasteiger partial charge in [-0.05, 0) is 55.2 Å². The summed E-state index contributed by atoms with van der Waals surface area (Å²) in [5, 5.41) is 8.31. The summed E-state index contributed by atoms with van der Waals surface area (Å²) >= 11 is 0. The fourth-order valence-electron chi connectivity index (χ4n) is 6.57. The minimum absolute atomic E-state index is 0.00880. The van der Waals surface area contributed by atoms with Gasteiger partial charge >= 0.3 is 5.56 Å². The normalized spacial score (nSPS) is 16.3. The molecule has 5 aromatic rings. The van der Waals surface area contributed by atoms with Gasteiger partial charge in [-0.3, -0.25) is 24.2 Å². The Hall–Kier alpha value is -5.06. The first-order chi connectivity index (χ1) is 21.2. The van der Waals surface area contributed by atoms with Crippen molar-refractivity contribution in [3.8, 4) is 22.7 Å². The fraction of sp³-hybridized carbons (Fsp3) is 0.303. The molecule has 1 N–H and O–H groups in total. The lowest BCUT2D eigenvalue weighted by Crippen LogP contribution is -2.58. The lowest BCUT2D eigenvalue weighted by Gasteiger charge is -2.45. The molecule has 1 fully saturated rings. The molecule has 7 rings (SSSR count). The number of aromatic amines is 1. The van der Waals surface area contributed by atoms with E-state index in [9.17, 15) is 9.59 Å². The highest BCUT2D eigenvalue weighted by Crippen LogP contribution is 2.42. The van der Waals surface area contributed by atoms with Gasteiger partial charge in [-0.1, -0.05) is 26.5 Å². The Labute approximate surface area is 252 Å². The van der Waals surface area contributed by atoms with Crippen molar-refractivity contribution >= 4 is 33.5 Å².